The number of aryl methyl sites for hydroxylation is 1. The number of halogens is 2. The molecule has 20 heavy (non-hydrogen) atoms. The van der Waals surface area contributed by atoms with E-state index in [1.807, 2.05) is 19.1 Å². The van der Waals surface area contributed by atoms with Crippen LogP contribution in [0.3, 0.4) is 0 Å². The highest BCUT2D eigenvalue weighted by Crippen LogP contribution is 2.29. The Labute approximate surface area is 128 Å². The Morgan fingerprint density at radius 2 is 1.80 bits per heavy atom. The third-order valence-electron chi connectivity index (χ3n) is 2.76. The lowest BCUT2D eigenvalue weighted by Crippen LogP contribution is -1.96. The maximum absolute atomic E-state index is 11.9. The van der Waals surface area contributed by atoms with E-state index < -0.39 is 0 Å². The normalized spacial score (nSPS) is 10.8. The summed E-state index contributed by atoms with van der Waals surface area (Å²) in [6, 6.07) is 12.7. The molecule has 2 aromatic carbocycles. The van der Waals surface area contributed by atoms with Gasteiger partial charge in [-0.2, -0.15) is 0 Å². The third-order valence-corrected chi connectivity index (χ3v) is 3.58. The predicted octanol–water partition coefficient (Wildman–Crippen LogP) is 5.11. The van der Waals surface area contributed by atoms with Crippen LogP contribution in [0.5, 0.6) is 0 Å². The van der Waals surface area contributed by atoms with E-state index >= 15 is 0 Å². The average molecular weight is 306 g/mol. The first-order chi connectivity index (χ1) is 9.58. The monoisotopic (exact) mass is 305 g/mol. The van der Waals surface area contributed by atoms with Crippen LogP contribution in [0.1, 0.15) is 15.9 Å². The Balaban J connectivity index is 2.05. The second kappa shape index (κ2) is 6.60. The molecule has 102 valence electrons. The molecule has 0 amide bonds. The molecule has 0 unspecified atom stereocenters. The van der Waals surface area contributed by atoms with E-state index in [-0.39, 0.29) is 5.78 Å². The van der Waals surface area contributed by atoms with Crippen LogP contribution in [0.2, 0.25) is 10.0 Å². The molecule has 4 heteroatoms. The van der Waals surface area contributed by atoms with E-state index in [2.05, 4.69) is 5.32 Å². The van der Waals surface area contributed by atoms with E-state index in [9.17, 15) is 4.79 Å². The van der Waals surface area contributed by atoms with Crippen molar-refractivity contribution in [2.24, 2.45) is 0 Å². The van der Waals surface area contributed by atoms with Gasteiger partial charge in [0.1, 0.15) is 0 Å². The largest absolute Gasteiger partial charge is 0.360 e. The Kier molecular flexibility index (Phi) is 4.83. The molecule has 0 aliphatic carbocycles. The summed E-state index contributed by atoms with van der Waals surface area (Å²) in [5.74, 6) is -0.0735. The number of hydrogen-bond donors (Lipinski definition) is 1. The van der Waals surface area contributed by atoms with E-state index in [0.717, 1.165) is 5.56 Å². The zero-order chi connectivity index (χ0) is 14.5. The molecule has 2 aromatic rings. The number of benzene rings is 2. The van der Waals surface area contributed by atoms with Gasteiger partial charge in [0.2, 0.25) is 0 Å². The van der Waals surface area contributed by atoms with Crippen molar-refractivity contribution < 1.29 is 4.79 Å². The Morgan fingerprint density at radius 3 is 2.50 bits per heavy atom. The van der Waals surface area contributed by atoms with Gasteiger partial charge in [-0.15, -0.1) is 0 Å². The van der Waals surface area contributed by atoms with Gasteiger partial charge in [0.15, 0.2) is 5.78 Å². The molecule has 2 rings (SSSR count). The SMILES string of the molecule is Cc1ccc(C(=O)/C=C/Nc2cccc(Cl)c2Cl)cc1. The second-order valence-electron chi connectivity index (χ2n) is 4.31. The Hall–Kier alpha value is -1.77. The molecular formula is C16H13Cl2NO. The fourth-order valence-electron chi connectivity index (χ4n) is 1.64. The van der Waals surface area contributed by atoms with E-state index in [4.69, 9.17) is 23.2 Å². The Bertz CT molecular complexity index is 648. The minimum atomic E-state index is -0.0735. The van der Waals surface area contributed by atoms with Crippen LogP contribution in [-0.4, -0.2) is 5.78 Å². The van der Waals surface area contributed by atoms with Crippen molar-refractivity contribution in [1.29, 1.82) is 0 Å². The van der Waals surface area contributed by atoms with Gasteiger partial charge in [-0.1, -0.05) is 59.1 Å². The van der Waals surface area contributed by atoms with Crippen molar-refractivity contribution in [3.05, 3.63) is 75.9 Å². The molecule has 0 bridgehead atoms. The number of allylic oxidation sites excluding steroid dienone is 1. The third kappa shape index (κ3) is 3.62. The number of hydrogen-bond acceptors (Lipinski definition) is 2. The summed E-state index contributed by atoms with van der Waals surface area (Å²) < 4.78 is 0. The summed E-state index contributed by atoms with van der Waals surface area (Å²) in [6.07, 6.45) is 3.02. The first-order valence-corrected chi connectivity index (χ1v) is 6.81. The van der Waals surface area contributed by atoms with Gasteiger partial charge < -0.3 is 5.32 Å². The summed E-state index contributed by atoms with van der Waals surface area (Å²) in [7, 11) is 0. The molecule has 0 fully saturated rings. The summed E-state index contributed by atoms with van der Waals surface area (Å²) in [6.45, 7) is 1.98. The van der Waals surface area contributed by atoms with Crippen molar-refractivity contribution >= 4 is 34.7 Å². The smallest absolute Gasteiger partial charge is 0.187 e. The van der Waals surface area contributed by atoms with Crippen molar-refractivity contribution in [3.63, 3.8) is 0 Å². The average Bonchev–Trinajstić information content (AvgIpc) is 2.44. The van der Waals surface area contributed by atoms with Crippen LogP contribution in [0, 0.1) is 6.92 Å². The number of nitrogens with one attached hydrogen (secondary N) is 1. The molecule has 0 radical (unpaired) electrons. The van der Waals surface area contributed by atoms with Gasteiger partial charge in [-0.25, -0.2) is 0 Å². The van der Waals surface area contributed by atoms with Gasteiger partial charge in [0.05, 0.1) is 15.7 Å². The highest BCUT2D eigenvalue weighted by Gasteiger charge is 2.03. The lowest BCUT2D eigenvalue weighted by atomic mass is 10.1. The molecular weight excluding hydrogens is 293 g/mol. The van der Waals surface area contributed by atoms with Crippen molar-refractivity contribution in [1.82, 2.24) is 0 Å². The first-order valence-electron chi connectivity index (χ1n) is 6.06. The number of anilines is 1. The highest BCUT2D eigenvalue weighted by molar-refractivity contribution is 6.43. The number of carbonyl (C=O) groups is 1. The molecule has 0 saturated heterocycles. The summed E-state index contributed by atoms with van der Waals surface area (Å²) in [4.78, 5) is 11.9. The van der Waals surface area contributed by atoms with Crippen LogP contribution in [0.4, 0.5) is 5.69 Å². The minimum Gasteiger partial charge on any atom is -0.360 e. The van der Waals surface area contributed by atoms with Crippen LogP contribution in [0.25, 0.3) is 0 Å². The maximum Gasteiger partial charge on any atom is 0.187 e. The first kappa shape index (κ1) is 14.6. The molecule has 0 spiro atoms. The molecule has 0 heterocycles. The fourth-order valence-corrected chi connectivity index (χ4v) is 1.99. The molecule has 0 atom stereocenters. The summed E-state index contributed by atoms with van der Waals surface area (Å²) >= 11 is 11.9. The lowest BCUT2D eigenvalue weighted by molar-refractivity contribution is 0.104. The van der Waals surface area contributed by atoms with Gasteiger partial charge in [0.25, 0.3) is 0 Å². The van der Waals surface area contributed by atoms with E-state index in [1.165, 1.54) is 6.08 Å². The van der Waals surface area contributed by atoms with Crippen molar-refractivity contribution in [2.75, 3.05) is 5.32 Å². The quantitative estimate of drug-likeness (QED) is 0.628. The van der Waals surface area contributed by atoms with Crippen LogP contribution >= 0.6 is 23.2 Å². The zero-order valence-corrected chi connectivity index (χ0v) is 12.4. The second-order valence-corrected chi connectivity index (χ2v) is 5.09. The summed E-state index contributed by atoms with van der Waals surface area (Å²) in [5, 5.41) is 3.85. The van der Waals surface area contributed by atoms with Crippen LogP contribution in [-0.2, 0) is 0 Å². The Morgan fingerprint density at radius 1 is 1.10 bits per heavy atom. The van der Waals surface area contributed by atoms with Gasteiger partial charge >= 0.3 is 0 Å². The summed E-state index contributed by atoms with van der Waals surface area (Å²) in [5.41, 5.74) is 2.42. The number of carbonyl (C=O) groups excluding carboxylic acids is 1. The van der Waals surface area contributed by atoms with Gasteiger partial charge in [-0.3, -0.25) is 4.79 Å². The molecule has 1 N–H and O–H groups in total. The maximum atomic E-state index is 11.9. The zero-order valence-electron chi connectivity index (χ0n) is 10.9. The van der Waals surface area contributed by atoms with Gasteiger partial charge in [0, 0.05) is 17.8 Å². The topological polar surface area (TPSA) is 29.1 Å². The van der Waals surface area contributed by atoms with E-state index in [0.29, 0.717) is 21.3 Å². The lowest BCUT2D eigenvalue weighted by Gasteiger charge is -2.04. The van der Waals surface area contributed by atoms with E-state index in [1.54, 1.807) is 36.5 Å². The number of ketones is 1. The predicted molar refractivity (Wildman–Crippen MR) is 84.7 cm³/mol. The highest BCUT2D eigenvalue weighted by atomic mass is 35.5. The molecule has 2 nitrogen and oxygen atoms in total. The molecule has 0 aliphatic heterocycles. The molecule has 0 saturated carbocycles. The van der Waals surface area contributed by atoms with Crippen LogP contribution in [0.15, 0.2) is 54.7 Å². The van der Waals surface area contributed by atoms with Gasteiger partial charge in [-0.05, 0) is 19.1 Å². The molecule has 0 aliphatic rings. The van der Waals surface area contributed by atoms with Crippen LogP contribution < -0.4 is 5.32 Å². The number of rotatable bonds is 4. The van der Waals surface area contributed by atoms with Crippen molar-refractivity contribution in [2.45, 2.75) is 6.92 Å². The van der Waals surface area contributed by atoms with Crippen molar-refractivity contribution in [3.8, 4) is 0 Å². The standard InChI is InChI=1S/C16H13Cl2NO/c1-11-5-7-12(8-6-11)15(20)9-10-19-14-4-2-3-13(17)16(14)18/h2-10,19H,1H3/b10-9+. The fraction of sp³-hybridized carbons (Fsp3) is 0.0625. The minimum absolute atomic E-state index is 0.0735. The molecule has 0 aromatic heterocycles.